The minimum Gasteiger partial charge on any atom is -0.480 e. The van der Waals surface area contributed by atoms with E-state index >= 15 is 0 Å². The van der Waals surface area contributed by atoms with Crippen molar-refractivity contribution in [3.8, 4) is 0 Å². The molecule has 6 nitrogen and oxygen atoms in total. The lowest BCUT2D eigenvalue weighted by molar-refractivity contribution is -0.150. The van der Waals surface area contributed by atoms with Gasteiger partial charge in [-0.1, -0.05) is 0 Å². The van der Waals surface area contributed by atoms with Crippen LogP contribution in [0.15, 0.2) is 6.07 Å². The van der Waals surface area contributed by atoms with Gasteiger partial charge in [0.25, 0.3) is 0 Å². The summed E-state index contributed by atoms with van der Waals surface area (Å²) in [6.07, 6.45) is 0. The van der Waals surface area contributed by atoms with E-state index in [9.17, 15) is 4.79 Å². The highest BCUT2D eigenvalue weighted by Crippen LogP contribution is 2.13. The zero-order valence-electron chi connectivity index (χ0n) is 10.1. The lowest BCUT2D eigenvalue weighted by Gasteiger charge is -2.32. The van der Waals surface area contributed by atoms with Crippen molar-refractivity contribution in [1.82, 2.24) is 14.7 Å². The van der Waals surface area contributed by atoms with Crippen LogP contribution < -0.4 is 0 Å². The van der Waals surface area contributed by atoms with E-state index in [4.69, 9.17) is 9.84 Å². The first kappa shape index (κ1) is 12.1. The molecule has 0 aliphatic carbocycles. The average molecular weight is 239 g/mol. The van der Waals surface area contributed by atoms with Crippen molar-refractivity contribution >= 4 is 5.97 Å². The quantitative estimate of drug-likeness (QED) is 0.805. The lowest BCUT2D eigenvalue weighted by atomic mass is 10.2. The Bertz CT molecular complexity index is 416. The number of ether oxygens (including phenoxy) is 1. The van der Waals surface area contributed by atoms with Crippen molar-refractivity contribution in [2.45, 2.75) is 19.5 Å². The van der Waals surface area contributed by atoms with E-state index in [1.807, 2.05) is 24.9 Å². The van der Waals surface area contributed by atoms with Crippen molar-refractivity contribution < 1.29 is 14.6 Å². The minimum absolute atomic E-state index is 0.256. The van der Waals surface area contributed by atoms with Crippen molar-refractivity contribution in [2.75, 3.05) is 19.8 Å². The number of rotatable bonds is 3. The first-order valence-corrected chi connectivity index (χ1v) is 5.62. The van der Waals surface area contributed by atoms with Crippen LogP contribution in [0.25, 0.3) is 0 Å². The van der Waals surface area contributed by atoms with Gasteiger partial charge in [-0.15, -0.1) is 0 Å². The van der Waals surface area contributed by atoms with Gasteiger partial charge in [0.2, 0.25) is 0 Å². The molecule has 1 aromatic heterocycles. The predicted octanol–water partition coefficient (Wildman–Crippen LogP) is 0.0139. The molecular weight excluding hydrogens is 222 g/mol. The van der Waals surface area contributed by atoms with Gasteiger partial charge >= 0.3 is 5.97 Å². The second-order valence-corrected chi connectivity index (χ2v) is 4.30. The van der Waals surface area contributed by atoms with Crippen LogP contribution >= 0.6 is 0 Å². The van der Waals surface area contributed by atoms with E-state index < -0.39 is 12.0 Å². The van der Waals surface area contributed by atoms with Gasteiger partial charge in [-0.25, -0.2) is 0 Å². The van der Waals surface area contributed by atoms with E-state index in [0.717, 1.165) is 11.4 Å². The van der Waals surface area contributed by atoms with Gasteiger partial charge in [-0.2, -0.15) is 5.10 Å². The number of hydrogen-bond acceptors (Lipinski definition) is 4. The van der Waals surface area contributed by atoms with Crippen molar-refractivity contribution in [3.63, 3.8) is 0 Å². The molecule has 17 heavy (non-hydrogen) atoms. The monoisotopic (exact) mass is 239 g/mol. The molecule has 1 aliphatic rings. The van der Waals surface area contributed by atoms with E-state index in [0.29, 0.717) is 19.7 Å². The molecule has 2 heterocycles. The Kier molecular flexibility index (Phi) is 3.44. The molecule has 0 saturated carbocycles. The molecule has 6 heteroatoms. The van der Waals surface area contributed by atoms with E-state index in [-0.39, 0.29) is 6.61 Å². The summed E-state index contributed by atoms with van der Waals surface area (Å²) < 4.78 is 7.00. The number of nitrogens with zero attached hydrogens (tertiary/aromatic N) is 3. The third kappa shape index (κ3) is 2.65. The van der Waals surface area contributed by atoms with Gasteiger partial charge < -0.3 is 9.84 Å². The highest BCUT2D eigenvalue weighted by molar-refractivity contribution is 5.73. The SMILES string of the molecule is Cc1cc(CN2CCOCC2C(=O)O)n(C)n1. The first-order valence-electron chi connectivity index (χ1n) is 5.62. The molecule has 0 amide bonds. The zero-order valence-corrected chi connectivity index (χ0v) is 10.1. The van der Waals surface area contributed by atoms with Crippen molar-refractivity contribution in [1.29, 1.82) is 0 Å². The summed E-state index contributed by atoms with van der Waals surface area (Å²) in [5.41, 5.74) is 1.97. The molecule has 94 valence electrons. The second-order valence-electron chi connectivity index (χ2n) is 4.30. The Balaban J connectivity index is 2.10. The van der Waals surface area contributed by atoms with Crippen molar-refractivity contribution in [3.05, 3.63) is 17.5 Å². The molecule has 1 saturated heterocycles. The standard InChI is InChI=1S/C11H17N3O3/c1-8-5-9(13(2)12-8)6-14-3-4-17-7-10(14)11(15)16/h5,10H,3-4,6-7H2,1-2H3,(H,15,16). The summed E-state index contributed by atoms with van der Waals surface area (Å²) in [6.45, 7) is 4.00. The molecular formula is C11H17N3O3. The van der Waals surface area contributed by atoms with Gasteiger partial charge in [0.15, 0.2) is 0 Å². The molecule has 1 N–H and O–H groups in total. The topological polar surface area (TPSA) is 67.6 Å². The summed E-state index contributed by atoms with van der Waals surface area (Å²) in [5.74, 6) is -0.830. The molecule has 1 fully saturated rings. The van der Waals surface area contributed by atoms with Crippen LogP contribution in [-0.2, 0) is 23.1 Å². The average Bonchev–Trinajstić information content (AvgIpc) is 2.58. The molecule has 2 rings (SSSR count). The van der Waals surface area contributed by atoms with E-state index in [1.165, 1.54) is 0 Å². The highest BCUT2D eigenvalue weighted by atomic mass is 16.5. The summed E-state index contributed by atoms with van der Waals surface area (Å²) in [7, 11) is 1.87. The molecule has 0 bridgehead atoms. The van der Waals surface area contributed by atoms with E-state index in [2.05, 4.69) is 5.10 Å². The summed E-state index contributed by atoms with van der Waals surface area (Å²) in [4.78, 5) is 13.0. The lowest BCUT2D eigenvalue weighted by Crippen LogP contribution is -2.49. The van der Waals surface area contributed by atoms with Gasteiger partial charge in [0, 0.05) is 20.1 Å². The number of morpholine rings is 1. The van der Waals surface area contributed by atoms with Crippen LogP contribution in [0.5, 0.6) is 0 Å². The van der Waals surface area contributed by atoms with Crippen LogP contribution in [0.2, 0.25) is 0 Å². The molecule has 1 unspecified atom stereocenters. The fourth-order valence-electron chi connectivity index (χ4n) is 2.08. The van der Waals surface area contributed by atoms with Crippen LogP contribution in [0.3, 0.4) is 0 Å². The minimum atomic E-state index is -0.830. The Morgan fingerprint density at radius 3 is 3.06 bits per heavy atom. The Hall–Kier alpha value is -1.40. The number of carboxylic acid groups (broad SMARTS) is 1. The van der Waals surface area contributed by atoms with Gasteiger partial charge in [0.05, 0.1) is 24.6 Å². The third-order valence-corrected chi connectivity index (χ3v) is 2.99. The van der Waals surface area contributed by atoms with Crippen LogP contribution in [0, 0.1) is 6.92 Å². The number of carboxylic acids is 1. The number of aromatic nitrogens is 2. The molecule has 1 aliphatic heterocycles. The smallest absolute Gasteiger partial charge is 0.323 e. The normalized spacial score (nSPS) is 21.6. The maximum absolute atomic E-state index is 11.1. The molecule has 0 aromatic carbocycles. The molecule has 0 spiro atoms. The summed E-state index contributed by atoms with van der Waals surface area (Å²) in [6, 6.07) is 1.42. The van der Waals surface area contributed by atoms with Crippen molar-refractivity contribution in [2.24, 2.45) is 7.05 Å². The molecule has 0 radical (unpaired) electrons. The third-order valence-electron chi connectivity index (χ3n) is 2.99. The fraction of sp³-hybridized carbons (Fsp3) is 0.636. The Labute approximate surface area is 99.8 Å². The number of carbonyl (C=O) groups is 1. The Morgan fingerprint density at radius 2 is 2.47 bits per heavy atom. The number of hydrogen-bond donors (Lipinski definition) is 1. The van der Waals surface area contributed by atoms with Gasteiger partial charge in [-0.3, -0.25) is 14.4 Å². The predicted molar refractivity (Wildman–Crippen MR) is 60.6 cm³/mol. The van der Waals surface area contributed by atoms with E-state index in [1.54, 1.807) is 4.68 Å². The van der Waals surface area contributed by atoms with Crippen LogP contribution in [-0.4, -0.2) is 51.6 Å². The number of aryl methyl sites for hydroxylation is 2. The molecule has 1 aromatic rings. The summed E-state index contributed by atoms with van der Waals surface area (Å²) >= 11 is 0. The zero-order chi connectivity index (χ0) is 12.4. The number of aliphatic carboxylic acids is 1. The largest absolute Gasteiger partial charge is 0.480 e. The van der Waals surface area contributed by atoms with Crippen LogP contribution in [0.1, 0.15) is 11.4 Å². The maximum Gasteiger partial charge on any atom is 0.323 e. The Morgan fingerprint density at radius 1 is 1.71 bits per heavy atom. The second kappa shape index (κ2) is 4.85. The fourth-order valence-corrected chi connectivity index (χ4v) is 2.08. The summed E-state index contributed by atoms with van der Waals surface area (Å²) in [5, 5.41) is 13.4. The first-order chi connectivity index (χ1) is 8.08. The molecule has 1 atom stereocenters. The van der Waals surface area contributed by atoms with Gasteiger partial charge in [-0.05, 0) is 13.0 Å². The maximum atomic E-state index is 11.1. The van der Waals surface area contributed by atoms with Crippen LogP contribution in [0.4, 0.5) is 0 Å². The highest BCUT2D eigenvalue weighted by Gasteiger charge is 2.29. The van der Waals surface area contributed by atoms with Gasteiger partial charge in [0.1, 0.15) is 6.04 Å².